The van der Waals surface area contributed by atoms with Crippen molar-refractivity contribution in [2.24, 2.45) is 5.92 Å². The Labute approximate surface area is 207 Å². The highest BCUT2D eigenvalue weighted by molar-refractivity contribution is 6.04. The van der Waals surface area contributed by atoms with Crippen LogP contribution in [-0.2, 0) is 15.1 Å². The standard InChI is InChI=1S/C26H36N6O3/c1-19-7-11-32(12-8-19)22-17-20(26(9-14-34-15-10-26)35-16-13-31(3)4)5-6-21(22)29-25(33)24-28-18-23(27-2)30-24/h5-6,17-19H,7-16H2,1,3-4H3,(H,28,30)(H,29,33). The number of nitrogens with zero attached hydrogens (tertiary/aromatic N) is 4. The molecular formula is C26H36N6O3. The second kappa shape index (κ2) is 11.2. The minimum atomic E-state index is -0.403. The number of rotatable bonds is 8. The smallest absolute Gasteiger partial charge is 0.314 e. The molecule has 1 aromatic carbocycles. The molecule has 2 aliphatic rings. The summed E-state index contributed by atoms with van der Waals surface area (Å²) in [6.45, 7) is 14.1. The molecule has 1 aromatic heterocycles. The van der Waals surface area contributed by atoms with Crippen LogP contribution in [-0.4, -0.2) is 74.3 Å². The van der Waals surface area contributed by atoms with Crippen LogP contribution in [0.3, 0.4) is 0 Å². The van der Waals surface area contributed by atoms with Crippen molar-refractivity contribution >= 4 is 23.1 Å². The highest BCUT2D eigenvalue weighted by atomic mass is 16.5. The Morgan fingerprint density at radius 1 is 1.34 bits per heavy atom. The number of aromatic nitrogens is 2. The lowest BCUT2D eigenvalue weighted by Gasteiger charge is -2.39. The molecule has 9 nitrogen and oxygen atoms in total. The largest absolute Gasteiger partial charge is 0.381 e. The van der Waals surface area contributed by atoms with Crippen molar-refractivity contribution in [3.05, 3.63) is 47.2 Å². The van der Waals surface area contributed by atoms with E-state index < -0.39 is 5.60 Å². The van der Waals surface area contributed by atoms with Gasteiger partial charge in [0.1, 0.15) is 0 Å². The molecule has 0 bridgehead atoms. The summed E-state index contributed by atoms with van der Waals surface area (Å²) in [6, 6.07) is 6.24. The molecule has 0 radical (unpaired) electrons. The molecule has 2 aliphatic heterocycles. The first-order chi connectivity index (χ1) is 16.9. The molecule has 9 heteroatoms. The van der Waals surface area contributed by atoms with Crippen molar-refractivity contribution in [1.82, 2.24) is 14.9 Å². The van der Waals surface area contributed by atoms with E-state index in [9.17, 15) is 4.79 Å². The number of piperidine rings is 1. The average molecular weight is 481 g/mol. The van der Waals surface area contributed by atoms with Gasteiger partial charge in [0.2, 0.25) is 5.82 Å². The maximum absolute atomic E-state index is 12.9. The summed E-state index contributed by atoms with van der Waals surface area (Å²) in [7, 11) is 4.10. The SMILES string of the molecule is [C-]#[N+]c1cnc(C(=O)Nc2ccc(C3(OCCN(C)C)CCOCC3)cc2N2CCC(C)CC2)[nH]1. The molecule has 2 N–H and O–H groups in total. The van der Waals surface area contributed by atoms with E-state index >= 15 is 0 Å². The Balaban J connectivity index is 1.65. The summed E-state index contributed by atoms with van der Waals surface area (Å²) < 4.78 is 12.2. The van der Waals surface area contributed by atoms with Gasteiger partial charge in [-0.3, -0.25) is 9.78 Å². The van der Waals surface area contributed by atoms with Gasteiger partial charge in [-0.1, -0.05) is 19.6 Å². The number of anilines is 2. The number of ether oxygens (including phenoxy) is 2. The lowest BCUT2D eigenvalue weighted by atomic mass is 9.85. The Hall–Kier alpha value is -2.93. The summed E-state index contributed by atoms with van der Waals surface area (Å²) in [4.78, 5) is 27.5. The van der Waals surface area contributed by atoms with Crippen molar-refractivity contribution in [3.8, 4) is 0 Å². The third-order valence-corrected chi connectivity index (χ3v) is 7.01. The predicted molar refractivity (Wildman–Crippen MR) is 136 cm³/mol. The maximum Gasteiger partial charge on any atom is 0.314 e. The molecule has 0 saturated carbocycles. The summed E-state index contributed by atoms with van der Waals surface area (Å²) in [5, 5.41) is 3.02. The molecule has 0 aliphatic carbocycles. The van der Waals surface area contributed by atoms with E-state index in [0.717, 1.165) is 62.3 Å². The van der Waals surface area contributed by atoms with Crippen LogP contribution in [0.5, 0.6) is 0 Å². The fourth-order valence-corrected chi connectivity index (χ4v) is 4.74. The molecule has 188 valence electrons. The topological polar surface area (TPSA) is 87.1 Å². The van der Waals surface area contributed by atoms with Crippen LogP contribution < -0.4 is 10.2 Å². The van der Waals surface area contributed by atoms with Gasteiger partial charge in [-0.15, -0.1) is 0 Å². The number of imidazole rings is 1. The van der Waals surface area contributed by atoms with Gasteiger partial charge in [-0.05, 0) is 50.6 Å². The Morgan fingerprint density at radius 3 is 2.74 bits per heavy atom. The Morgan fingerprint density at radius 2 is 2.09 bits per heavy atom. The van der Waals surface area contributed by atoms with Gasteiger partial charge < -0.3 is 29.4 Å². The zero-order valence-corrected chi connectivity index (χ0v) is 21.0. The molecule has 3 heterocycles. The fourth-order valence-electron chi connectivity index (χ4n) is 4.74. The Bertz CT molecular complexity index is 1050. The lowest BCUT2D eigenvalue weighted by Crippen LogP contribution is -2.39. The summed E-state index contributed by atoms with van der Waals surface area (Å²) >= 11 is 0. The van der Waals surface area contributed by atoms with Crippen LogP contribution in [0, 0.1) is 12.5 Å². The maximum atomic E-state index is 12.9. The van der Waals surface area contributed by atoms with E-state index in [0.29, 0.717) is 25.7 Å². The highest BCUT2D eigenvalue weighted by Crippen LogP contribution is 2.40. The minimum absolute atomic E-state index is 0.131. The van der Waals surface area contributed by atoms with E-state index in [1.165, 1.54) is 6.20 Å². The number of hydrogen-bond acceptors (Lipinski definition) is 6. The molecule has 4 rings (SSSR count). The number of nitrogens with one attached hydrogen (secondary N) is 2. The van der Waals surface area contributed by atoms with E-state index in [-0.39, 0.29) is 17.5 Å². The predicted octanol–water partition coefficient (Wildman–Crippen LogP) is 4.03. The summed E-state index contributed by atoms with van der Waals surface area (Å²) in [6.07, 6.45) is 5.20. The minimum Gasteiger partial charge on any atom is -0.381 e. The van der Waals surface area contributed by atoms with Crippen LogP contribution >= 0.6 is 0 Å². The van der Waals surface area contributed by atoms with Gasteiger partial charge in [-0.25, -0.2) is 4.98 Å². The second-order valence-electron chi connectivity index (χ2n) is 9.84. The van der Waals surface area contributed by atoms with Crippen LogP contribution in [0.4, 0.5) is 17.2 Å². The number of carbonyl (C=O) groups excluding carboxylic acids is 1. The van der Waals surface area contributed by atoms with Crippen LogP contribution in [0.2, 0.25) is 0 Å². The number of H-pyrrole nitrogens is 1. The Kier molecular flexibility index (Phi) is 8.06. The number of amides is 1. The molecule has 0 atom stereocenters. The lowest BCUT2D eigenvalue weighted by molar-refractivity contribution is -0.118. The third-order valence-electron chi connectivity index (χ3n) is 7.01. The van der Waals surface area contributed by atoms with Gasteiger partial charge in [-0.2, -0.15) is 0 Å². The normalized spacial score (nSPS) is 18.4. The van der Waals surface area contributed by atoms with E-state index in [2.05, 4.69) is 49.0 Å². The van der Waals surface area contributed by atoms with Crippen molar-refractivity contribution < 1.29 is 14.3 Å². The first-order valence-corrected chi connectivity index (χ1v) is 12.4. The number of carbonyl (C=O) groups is 1. The van der Waals surface area contributed by atoms with E-state index in [1.807, 2.05) is 20.2 Å². The molecule has 2 fully saturated rings. The van der Waals surface area contributed by atoms with Crippen molar-refractivity contribution in [2.45, 2.75) is 38.2 Å². The van der Waals surface area contributed by atoms with Gasteiger partial charge in [0.25, 0.3) is 5.82 Å². The quantitative estimate of drug-likeness (QED) is 0.555. The highest BCUT2D eigenvalue weighted by Gasteiger charge is 2.36. The van der Waals surface area contributed by atoms with Gasteiger partial charge >= 0.3 is 5.91 Å². The number of likely N-dealkylation sites (N-methyl/N-ethyl adjacent to an activating group) is 1. The van der Waals surface area contributed by atoms with Gasteiger partial charge in [0, 0.05) is 45.7 Å². The van der Waals surface area contributed by atoms with Gasteiger partial charge in [0.15, 0.2) is 0 Å². The molecule has 35 heavy (non-hydrogen) atoms. The van der Waals surface area contributed by atoms with Crippen LogP contribution in [0.25, 0.3) is 4.85 Å². The van der Waals surface area contributed by atoms with Crippen LogP contribution in [0.1, 0.15) is 48.8 Å². The second-order valence-corrected chi connectivity index (χ2v) is 9.84. The number of hydrogen-bond donors (Lipinski definition) is 2. The zero-order chi connectivity index (χ0) is 24.8. The number of benzene rings is 1. The molecule has 0 spiro atoms. The van der Waals surface area contributed by atoms with Crippen molar-refractivity contribution in [1.29, 1.82) is 0 Å². The average Bonchev–Trinajstić information content (AvgIpc) is 3.35. The monoisotopic (exact) mass is 480 g/mol. The zero-order valence-electron chi connectivity index (χ0n) is 21.0. The first kappa shape index (κ1) is 25.2. The van der Waals surface area contributed by atoms with Crippen LogP contribution in [0.15, 0.2) is 24.4 Å². The first-order valence-electron chi connectivity index (χ1n) is 12.4. The van der Waals surface area contributed by atoms with Crippen molar-refractivity contribution in [3.63, 3.8) is 0 Å². The van der Waals surface area contributed by atoms with Crippen molar-refractivity contribution in [2.75, 3.05) is 63.8 Å². The van der Waals surface area contributed by atoms with Gasteiger partial charge in [0.05, 0.1) is 29.8 Å². The summed E-state index contributed by atoms with van der Waals surface area (Å²) in [5.41, 5.74) is 2.46. The molecule has 0 unspecified atom stereocenters. The molecule has 2 saturated heterocycles. The molecular weight excluding hydrogens is 444 g/mol. The summed E-state index contributed by atoms with van der Waals surface area (Å²) in [5.74, 6) is 0.708. The van der Waals surface area contributed by atoms with E-state index in [1.54, 1.807) is 0 Å². The molecule has 2 aromatic rings. The number of aromatic amines is 1. The molecule has 1 amide bonds. The third kappa shape index (κ3) is 6.01. The fraction of sp³-hybridized carbons (Fsp3) is 0.577. The van der Waals surface area contributed by atoms with E-state index in [4.69, 9.17) is 16.0 Å².